The Morgan fingerprint density at radius 3 is 2.69 bits per heavy atom. The van der Waals surface area contributed by atoms with Gasteiger partial charge in [-0.25, -0.2) is 18.7 Å². The van der Waals surface area contributed by atoms with Crippen LogP contribution in [0.5, 0.6) is 11.6 Å². The van der Waals surface area contributed by atoms with Crippen molar-refractivity contribution < 1.29 is 13.5 Å². The Morgan fingerprint density at radius 1 is 1.12 bits per heavy atom. The van der Waals surface area contributed by atoms with E-state index in [4.69, 9.17) is 16.3 Å². The average molecular weight is 243 g/mol. The van der Waals surface area contributed by atoms with Crippen LogP contribution in [0.15, 0.2) is 30.6 Å². The zero-order valence-electron chi connectivity index (χ0n) is 7.82. The molecule has 0 saturated heterocycles. The van der Waals surface area contributed by atoms with E-state index in [1.165, 1.54) is 6.07 Å². The molecule has 3 nitrogen and oxygen atoms in total. The van der Waals surface area contributed by atoms with Crippen molar-refractivity contribution in [3.8, 4) is 11.6 Å². The fraction of sp³-hybridized carbons (Fsp3) is 0. The van der Waals surface area contributed by atoms with Gasteiger partial charge in [0.25, 0.3) is 0 Å². The molecule has 1 heterocycles. The highest BCUT2D eigenvalue weighted by atomic mass is 35.5. The first-order valence-corrected chi connectivity index (χ1v) is 4.63. The third-order valence-electron chi connectivity index (χ3n) is 1.72. The van der Waals surface area contributed by atoms with Gasteiger partial charge in [-0.3, -0.25) is 0 Å². The molecule has 1 aromatic carbocycles. The maximum Gasteiger partial charge on any atom is 0.223 e. The highest BCUT2D eigenvalue weighted by Gasteiger charge is 2.07. The van der Waals surface area contributed by atoms with Gasteiger partial charge in [0, 0.05) is 12.1 Å². The van der Waals surface area contributed by atoms with Crippen LogP contribution in [-0.2, 0) is 0 Å². The molecule has 0 fully saturated rings. The lowest BCUT2D eigenvalue weighted by Gasteiger charge is -2.05. The van der Waals surface area contributed by atoms with Gasteiger partial charge in [-0.2, -0.15) is 0 Å². The summed E-state index contributed by atoms with van der Waals surface area (Å²) in [5.41, 5.74) is 0. The van der Waals surface area contributed by atoms with Crippen LogP contribution < -0.4 is 4.74 Å². The van der Waals surface area contributed by atoms with E-state index in [1.807, 2.05) is 0 Å². The fourth-order valence-electron chi connectivity index (χ4n) is 1.04. The van der Waals surface area contributed by atoms with Crippen LogP contribution in [0, 0.1) is 11.6 Å². The van der Waals surface area contributed by atoms with Crippen LogP contribution in [0.4, 0.5) is 8.78 Å². The van der Waals surface area contributed by atoms with Gasteiger partial charge in [-0.05, 0) is 12.1 Å². The number of nitrogens with zero attached hydrogens (tertiary/aromatic N) is 2. The average Bonchev–Trinajstić information content (AvgIpc) is 2.24. The summed E-state index contributed by atoms with van der Waals surface area (Å²) in [7, 11) is 0. The topological polar surface area (TPSA) is 35.0 Å². The van der Waals surface area contributed by atoms with Gasteiger partial charge < -0.3 is 4.74 Å². The molecule has 0 aliphatic carbocycles. The van der Waals surface area contributed by atoms with Crippen molar-refractivity contribution >= 4 is 11.6 Å². The number of halogens is 3. The predicted molar refractivity (Wildman–Crippen MR) is 53.5 cm³/mol. The van der Waals surface area contributed by atoms with Crippen molar-refractivity contribution in [3.05, 3.63) is 47.4 Å². The van der Waals surface area contributed by atoms with Gasteiger partial charge in [0.1, 0.15) is 17.3 Å². The van der Waals surface area contributed by atoms with Crippen molar-refractivity contribution in [3.63, 3.8) is 0 Å². The van der Waals surface area contributed by atoms with E-state index in [1.54, 1.807) is 0 Å². The lowest BCUT2D eigenvalue weighted by Crippen LogP contribution is -1.92. The predicted octanol–water partition coefficient (Wildman–Crippen LogP) is 3.20. The van der Waals surface area contributed by atoms with Crippen LogP contribution in [0.3, 0.4) is 0 Å². The monoisotopic (exact) mass is 242 g/mol. The Labute approximate surface area is 94.7 Å². The molecule has 0 saturated carbocycles. The van der Waals surface area contributed by atoms with Gasteiger partial charge in [0.2, 0.25) is 5.88 Å². The molecule has 0 aliphatic rings. The van der Waals surface area contributed by atoms with Crippen LogP contribution in [-0.4, -0.2) is 9.97 Å². The molecule has 0 bridgehead atoms. The van der Waals surface area contributed by atoms with Crippen molar-refractivity contribution in [1.82, 2.24) is 9.97 Å². The lowest BCUT2D eigenvalue weighted by molar-refractivity contribution is 0.421. The first-order chi connectivity index (χ1) is 7.65. The van der Waals surface area contributed by atoms with Crippen LogP contribution >= 0.6 is 11.6 Å². The van der Waals surface area contributed by atoms with E-state index in [9.17, 15) is 8.78 Å². The normalized spacial score (nSPS) is 10.2. The fourth-order valence-corrected chi connectivity index (χ4v) is 1.18. The summed E-state index contributed by atoms with van der Waals surface area (Å²) in [6, 6.07) is 4.18. The molecular formula is C10H5ClF2N2O. The Balaban J connectivity index is 2.30. The van der Waals surface area contributed by atoms with Crippen LogP contribution in [0.25, 0.3) is 0 Å². The van der Waals surface area contributed by atoms with E-state index in [0.717, 1.165) is 24.5 Å². The maximum atomic E-state index is 13.2. The van der Waals surface area contributed by atoms with Crippen molar-refractivity contribution in [2.45, 2.75) is 0 Å². The molecule has 82 valence electrons. The summed E-state index contributed by atoms with van der Waals surface area (Å²) < 4.78 is 31.0. The third kappa shape index (κ3) is 2.43. The van der Waals surface area contributed by atoms with E-state index in [2.05, 4.69) is 9.97 Å². The molecule has 0 amide bonds. The number of aromatic nitrogens is 2. The largest absolute Gasteiger partial charge is 0.436 e. The minimum Gasteiger partial charge on any atom is -0.436 e. The summed E-state index contributed by atoms with van der Waals surface area (Å²) in [6.07, 6.45) is 1.16. The van der Waals surface area contributed by atoms with E-state index < -0.39 is 11.6 Å². The highest BCUT2D eigenvalue weighted by Crippen LogP contribution is 2.24. The molecule has 0 atom stereocenters. The molecule has 0 spiro atoms. The van der Waals surface area contributed by atoms with E-state index in [-0.39, 0.29) is 16.8 Å². The second-order valence-electron chi connectivity index (χ2n) is 2.86. The van der Waals surface area contributed by atoms with Crippen LogP contribution in [0.2, 0.25) is 5.15 Å². The number of benzene rings is 1. The zero-order valence-corrected chi connectivity index (χ0v) is 8.58. The van der Waals surface area contributed by atoms with E-state index >= 15 is 0 Å². The molecule has 0 aliphatic heterocycles. The quantitative estimate of drug-likeness (QED) is 0.759. The summed E-state index contributed by atoms with van der Waals surface area (Å²) in [4.78, 5) is 7.33. The van der Waals surface area contributed by atoms with Crippen molar-refractivity contribution in [2.24, 2.45) is 0 Å². The van der Waals surface area contributed by atoms with Crippen molar-refractivity contribution in [2.75, 3.05) is 0 Å². The Kier molecular flexibility index (Phi) is 2.96. The highest BCUT2D eigenvalue weighted by molar-refractivity contribution is 6.29. The standard InChI is InChI=1S/C10H5ClF2N2O/c11-9-4-10(15-5-14-9)16-8-3-6(12)1-2-7(8)13/h1-5H. The molecule has 16 heavy (non-hydrogen) atoms. The Hall–Kier alpha value is -1.75. The maximum absolute atomic E-state index is 13.2. The zero-order chi connectivity index (χ0) is 11.5. The minimum atomic E-state index is -0.684. The second kappa shape index (κ2) is 4.40. The van der Waals surface area contributed by atoms with Gasteiger partial charge >= 0.3 is 0 Å². The first-order valence-electron chi connectivity index (χ1n) is 4.25. The molecule has 0 radical (unpaired) electrons. The van der Waals surface area contributed by atoms with Gasteiger partial charge in [0.15, 0.2) is 11.6 Å². The van der Waals surface area contributed by atoms with Crippen LogP contribution in [0.1, 0.15) is 0 Å². The summed E-state index contributed by atoms with van der Waals surface area (Å²) in [5.74, 6) is -1.49. The molecular weight excluding hydrogens is 238 g/mol. The van der Waals surface area contributed by atoms with Gasteiger partial charge in [-0.1, -0.05) is 11.6 Å². The van der Waals surface area contributed by atoms with Gasteiger partial charge in [-0.15, -0.1) is 0 Å². The van der Waals surface area contributed by atoms with Crippen molar-refractivity contribution in [1.29, 1.82) is 0 Å². The molecule has 6 heteroatoms. The number of hydrogen-bond acceptors (Lipinski definition) is 3. The Bertz CT molecular complexity index is 522. The molecule has 0 unspecified atom stereocenters. The SMILES string of the molecule is Fc1ccc(F)c(Oc2cc(Cl)ncn2)c1. The van der Waals surface area contributed by atoms with E-state index in [0.29, 0.717) is 0 Å². The molecule has 2 rings (SSSR count). The molecule has 2 aromatic rings. The number of ether oxygens (including phenoxy) is 1. The first kappa shape index (κ1) is 10.8. The lowest BCUT2D eigenvalue weighted by atomic mass is 10.3. The molecule has 0 N–H and O–H groups in total. The summed E-state index contributed by atoms with van der Waals surface area (Å²) in [5, 5.41) is 0.154. The number of rotatable bonds is 2. The molecule has 1 aromatic heterocycles. The minimum absolute atomic E-state index is 0.0458. The number of hydrogen-bond donors (Lipinski definition) is 0. The second-order valence-corrected chi connectivity index (χ2v) is 3.24. The third-order valence-corrected chi connectivity index (χ3v) is 1.92. The summed E-state index contributed by atoms with van der Waals surface area (Å²) in [6.45, 7) is 0. The smallest absolute Gasteiger partial charge is 0.223 e. The Morgan fingerprint density at radius 2 is 1.94 bits per heavy atom. The summed E-state index contributed by atoms with van der Waals surface area (Å²) >= 11 is 5.58. The van der Waals surface area contributed by atoms with Gasteiger partial charge in [0.05, 0.1) is 0 Å².